The molecule has 6 heteroatoms. The number of carbonyl (C=O) groups excluding carboxylic acids is 1. The fourth-order valence-corrected chi connectivity index (χ4v) is 2.48. The van der Waals surface area contributed by atoms with E-state index in [1.54, 1.807) is 18.5 Å². The summed E-state index contributed by atoms with van der Waals surface area (Å²) in [5.74, 6) is 0.774. The highest BCUT2D eigenvalue weighted by Gasteiger charge is 2.21. The van der Waals surface area contributed by atoms with Crippen LogP contribution in [-0.2, 0) is 11.2 Å². The van der Waals surface area contributed by atoms with E-state index in [1.165, 1.54) is 6.08 Å². The lowest BCUT2D eigenvalue weighted by Gasteiger charge is -2.14. The number of hydrogen-bond acceptors (Lipinski definition) is 5. The van der Waals surface area contributed by atoms with Gasteiger partial charge in [0.2, 0.25) is 11.8 Å². The minimum atomic E-state index is -0.475. The van der Waals surface area contributed by atoms with Crippen molar-refractivity contribution < 1.29 is 9.32 Å². The molecule has 0 aliphatic carbocycles. The second-order valence-corrected chi connectivity index (χ2v) is 5.77. The van der Waals surface area contributed by atoms with Gasteiger partial charge in [0.25, 0.3) is 0 Å². The maximum atomic E-state index is 12.4. The van der Waals surface area contributed by atoms with E-state index in [-0.39, 0.29) is 5.91 Å². The second kappa shape index (κ2) is 8.71. The molecule has 1 atom stereocenters. The van der Waals surface area contributed by atoms with Crippen LogP contribution >= 0.6 is 0 Å². The Morgan fingerprint density at radius 2 is 2.08 bits per heavy atom. The molecule has 0 spiro atoms. The van der Waals surface area contributed by atoms with Crippen molar-refractivity contribution >= 4 is 12.0 Å². The first-order valence-electron chi connectivity index (χ1n) is 8.52. The fourth-order valence-electron chi connectivity index (χ4n) is 2.48. The van der Waals surface area contributed by atoms with Crippen LogP contribution in [0.4, 0.5) is 0 Å². The summed E-state index contributed by atoms with van der Waals surface area (Å²) in [7, 11) is 0. The molecular weight excluding hydrogens is 328 g/mol. The predicted molar refractivity (Wildman–Crippen MR) is 98.0 cm³/mol. The predicted octanol–water partition coefficient (Wildman–Crippen LogP) is 3.34. The van der Waals surface area contributed by atoms with Crippen LogP contribution in [-0.4, -0.2) is 21.0 Å². The van der Waals surface area contributed by atoms with Crippen LogP contribution in [0, 0.1) is 0 Å². The van der Waals surface area contributed by atoms with Gasteiger partial charge < -0.3 is 9.84 Å². The van der Waals surface area contributed by atoms with Crippen molar-refractivity contribution in [3.8, 4) is 0 Å². The van der Waals surface area contributed by atoms with Crippen LogP contribution in [0.1, 0.15) is 42.2 Å². The number of aromatic nitrogens is 3. The second-order valence-electron chi connectivity index (χ2n) is 5.77. The number of rotatable bonds is 7. The van der Waals surface area contributed by atoms with Gasteiger partial charge in [0, 0.05) is 24.9 Å². The molecule has 1 amide bonds. The average molecular weight is 348 g/mol. The van der Waals surface area contributed by atoms with Gasteiger partial charge in [-0.1, -0.05) is 48.5 Å². The molecular formula is C20H20N4O2. The van der Waals surface area contributed by atoms with Crippen LogP contribution in [0.2, 0.25) is 0 Å². The Morgan fingerprint density at radius 1 is 1.23 bits per heavy atom. The first-order valence-corrected chi connectivity index (χ1v) is 8.52. The molecule has 1 aromatic carbocycles. The number of amides is 1. The van der Waals surface area contributed by atoms with E-state index in [0.717, 1.165) is 17.5 Å². The number of nitrogens with one attached hydrogen (secondary N) is 1. The maximum absolute atomic E-state index is 12.4. The van der Waals surface area contributed by atoms with E-state index in [4.69, 9.17) is 4.52 Å². The maximum Gasteiger partial charge on any atom is 0.244 e. The van der Waals surface area contributed by atoms with E-state index >= 15 is 0 Å². The SMILES string of the molecule is CCCc1nc(C(NC(=O)C=Cc2cccnc2)c2ccccc2)no1. The van der Waals surface area contributed by atoms with Crippen molar-refractivity contribution in [2.24, 2.45) is 0 Å². The molecule has 0 saturated heterocycles. The average Bonchev–Trinajstić information content (AvgIpc) is 3.14. The molecule has 2 aromatic heterocycles. The van der Waals surface area contributed by atoms with Crippen LogP contribution < -0.4 is 5.32 Å². The molecule has 132 valence electrons. The van der Waals surface area contributed by atoms with Gasteiger partial charge in [-0.15, -0.1) is 0 Å². The first-order chi connectivity index (χ1) is 12.8. The molecule has 0 aliphatic rings. The smallest absolute Gasteiger partial charge is 0.244 e. The fraction of sp³-hybridized carbons (Fsp3) is 0.200. The molecule has 0 bridgehead atoms. The Balaban J connectivity index is 1.79. The van der Waals surface area contributed by atoms with E-state index in [9.17, 15) is 4.79 Å². The Bertz CT molecular complexity index is 860. The summed E-state index contributed by atoms with van der Waals surface area (Å²) >= 11 is 0. The number of nitrogens with zero attached hydrogens (tertiary/aromatic N) is 3. The summed E-state index contributed by atoms with van der Waals surface area (Å²) in [6, 6.07) is 12.8. The van der Waals surface area contributed by atoms with Gasteiger partial charge in [-0.3, -0.25) is 9.78 Å². The highest BCUT2D eigenvalue weighted by molar-refractivity contribution is 5.92. The zero-order valence-corrected chi connectivity index (χ0v) is 14.5. The molecule has 6 nitrogen and oxygen atoms in total. The zero-order valence-electron chi connectivity index (χ0n) is 14.5. The van der Waals surface area contributed by atoms with Crippen LogP contribution in [0.5, 0.6) is 0 Å². The molecule has 1 N–H and O–H groups in total. The van der Waals surface area contributed by atoms with Gasteiger partial charge in [-0.05, 0) is 29.7 Å². The van der Waals surface area contributed by atoms with Gasteiger partial charge in [0.1, 0.15) is 6.04 Å². The molecule has 3 aromatic rings. The molecule has 26 heavy (non-hydrogen) atoms. The van der Waals surface area contributed by atoms with Crippen LogP contribution in [0.25, 0.3) is 6.08 Å². The number of carbonyl (C=O) groups is 1. The lowest BCUT2D eigenvalue weighted by molar-refractivity contribution is -0.117. The van der Waals surface area contributed by atoms with Gasteiger partial charge >= 0.3 is 0 Å². The number of hydrogen-bond donors (Lipinski definition) is 1. The third-order valence-electron chi connectivity index (χ3n) is 3.74. The highest BCUT2D eigenvalue weighted by atomic mass is 16.5. The monoisotopic (exact) mass is 348 g/mol. The van der Waals surface area contributed by atoms with Gasteiger partial charge in [-0.25, -0.2) is 0 Å². The Labute approximate surface area is 152 Å². The zero-order chi connectivity index (χ0) is 18.2. The first kappa shape index (κ1) is 17.5. The topological polar surface area (TPSA) is 80.9 Å². The van der Waals surface area contributed by atoms with Crippen molar-refractivity contribution in [2.45, 2.75) is 25.8 Å². The Morgan fingerprint density at radius 3 is 2.81 bits per heavy atom. The van der Waals surface area contributed by atoms with Crippen molar-refractivity contribution in [1.82, 2.24) is 20.4 Å². The van der Waals surface area contributed by atoms with E-state index in [2.05, 4.69) is 20.4 Å². The van der Waals surface area contributed by atoms with E-state index < -0.39 is 6.04 Å². The van der Waals surface area contributed by atoms with E-state index in [1.807, 2.05) is 49.4 Å². The summed E-state index contributed by atoms with van der Waals surface area (Å²) in [6.45, 7) is 2.05. The summed E-state index contributed by atoms with van der Waals surface area (Å²) < 4.78 is 5.28. The quantitative estimate of drug-likeness (QED) is 0.662. The number of aryl methyl sites for hydroxylation is 1. The third kappa shape index (κ3) is 4.63. The van der Waals surface area contributed by atoms with Crippen molar-refractivity contribution in [3.63, 3.8) is 0 Å². The molecule has 0 saturated carbocycles. The van der Waals surface area contributed by atoms with Crippen molar-refractivity contribution in [3.05, 3.63) is 83.8 Å². The number of pyridine rings is 1. The van der Waals surface area contributed by atoms with Gasteiger partial charge in [-0.2, -0.15) is 4.98 Å². The van der Waals surface area contributed by atoms with Crippen molar-refractivity contribution in [2.75, 3.05) is 0 Å². The summed E-state index contributed by atoms with van der Waals surface area (Å²) in [4.78, 5) is 20.8. The largest absolute Gasteiger partial charge is 0.339 e. The summed E-state index contributed by atoms with van der Waals surface area (Å²) in [6.07, 6.45) is 8.19. The molecule has 0 fully saturated rings. The van der Waals surface area contributed by atoms with Crippen LogP contribution in [0.3, 0.4) is 0 Å². The van der Waals surface area contributed by atoms with Crippen LogP contribution in [0.15, 0.2) is 65.5 Å². The Hall–Kier alpha value is -3.28. The molecule has 1 unspecified atom stereocenters. The molecule has 0 radical (unpaired) electrons. The van der Waals surface area contributed by atoms with Gasteiger partial charge in [0.05, 0.1) is 0 Å². The third-order valence-corrected chi connectivity index (χ3v) is 3.74. The van der Waals surface area contributed by atoms with E-state index in [0.29, 0.717) is 18.1 Å². The standard InChI is InChI=1S/C20H20N4O2/c1-2-7-18-23-20(24-26-18)19(16-9-4-3-5-10-16)22-17(25)12-11-15-8-6-13-21-14-15/h3-6,8-14,19H,2,7H2,1H3,(H,22,25). The minimum absolute atomic E-state index is 0.246. The minimum Gasteiger partial charge on any atom is -0.339 e. The molecule has 0 aliphatic heterocycles. The highest BCUT2D eigenvalue weighted by Crippen LogP contribution is 2.20. The lowest BCUT2D eigenvalue weighted by Crippen LogP contribution is -2.28. The molecule has 3 rings (SSSR count). The summed E-state index contributed by atoms with van der Waals surface area (Å²) in [5, 5.41) is 6.99. The number of benzene rings is 1. The Kier molecular flexibility index (Phi) is 5.88. The lowest BCUT2D eigenvalue weighted by atomic mass is 10.1. The normalized spacial score (nSPS) is 12.2. The molecule has 2 heterocycles. The van der Waals surface area contributed by atoms with Crippen molar-refractivity contribution in [1.29, 1.82) is 0 Å². The summed E-state index contributed by atoms with van der Waals surface area (Å²) in [5.41, 5.74) is 1.74. The van der Waals surface area contributed by atoms with Gasteiger partial charge in [0.15, 0.2) is 5.82 Å².